The summed E-state index contributed by atoms with van der Waals surface area (Å²) >= 11 is 0. The Hall–Kier alpha value is -3.16. The van der Waals surface area contributed by atoms with E-state index in [0.717, 1.165) is 64.5 Å². The molecule has 0 saturated carbocycles. The molecule has 1 aromatic carbocycles. The Labute approximate surface area is 336 Å². The van der Waals surface area contributed by atoms with Crippen molar-refractivity contribution in [2.75, 3.05) is 6.54 Å². The van der Waals surface area contributed by atoms with Crippen LogP contribution in [0.3, 0.4) is 0 Å². The van der Waals surface area contributed by atoms with Gasteiger partial charge in [-0.1, -0.05) is 135 Å². The molecule has 1 aromatic rings. The summed E-state index contributed by atoms with van der Waals surface area (Å²) in [5, 5.41) is 3.54. The van der Waals surface area contributed by atoms with E-state index in [1.165, 1.54) is 113 Å². The van der Waals surface area contributed by atoms with E-state index in [1.807, 2.05) is 0 Å². The van der Waals surface area contributed by atoms with E-state index in [1.54, 1.807) is 0 Å². The molecule has 0 amide bonds. The number of nitrogens with one attached hydrogen (secondary N) is 1. The highest BCUT2D eigenvalue weighted by molar-refractivity contribution is 5.21. The normalized spacial score (nSPS) is 14.3. The minimum atomic E-state index is 0.928. The van der Waals surface area contributed by atoms with Gasteiger partial charge < -0.3 is 5.32 Å². The van der Waals surface area contributed by atoms with Gasteiger partial charge in [-0.15, -0.1) is 0 Å². The lowest BCUT2D eigenvalue weighted by atomic mass is 10.0. The highest BCUT2D eigenvalue weighted by Gasteiger charge is 1.98. The molecular formula is C53H83N. The second kappa shape index (κ2) is 31.1. The zero-order valence-corrected chi connectivity index (χ0v) is 37.2. The monoisotopic (exact) mass is 734 g/mol. The van der Waals surface area contributed by atoms with Crippen LogP contribution in [0.2, 0.25) is 0 Å². The second-order valence-corrected chi connectivity index (χ2v) is 16.6. The van der Waals surface area contributed by atoms with Crippen LogP contribution in [0.15, 0.2) is 129 Å². The van der Waals surface area contributed by atoms with E-state index >= 15 is 0 Å². The molecule has 54 heavy (non-hydrogen) atoms. The van der Waals surface area contributed by atoms with Crippen LogP contribution >= 0.6 is 0 Å². The van der Waals surface area contributed by atoms with Gasteiger partial charge in [0.05, 0.1) is 0 Å². The van der Waals surface area contributed by atoms with Crippen molar-refractivity contribution in [2.24, 2.45) is 0 Å². The van der Waals surface area contributed by atoms with Gasteiger partial charge in [0.2, 0.25) is 0 Å². The smallest absolute Gasteiger partial charge is 0.0208 e. The quantitative estimate of drug-likeness (QED) is 0.0668. The number of hydrogen-bond acceptors (Lipinski definition) is 1. The first-order valence-corrected chi connectivity index (χ1v) is 21.5. The molecule has 1 heteroatoms. The molecule has 0 heterocycles. The zero-order valence-electron chi connectivity index (χ0n) is 37.2. The third-order valence-electron chi connectivity index (χ3n) is 10.4. The van der Waals surface area contributed by atoms with Crippen LogP contribution in [0.1, 0.15) is 183 Å². The molecule has 1 nitrogen and oxygen atoms in total. The van der Waals surface area contributed by atoms with E-state index in [9.17, 15) is 0 Å². The lowest BCUT2D eigenvalue weighted by Crippen LogP contribution is -2.13. The number of allylic oxidation sites excluding steroid dienone is 17. The Morgan fingerprint density at radius 1 is 0.370 bits per heavy atom. The molecule has 1 N–H and O–H groups in total. The van der Waals surface area contributed by atoms with Gasteiger partial charge in [0.1, 0.15) is 0 Å². The standard InChI is InChI=1S/C53H83N/c1-43(2)20-14-23-44(3)21-12-13-22-45(4)24-17-31-49(8)34-35-50(9)32-18-29-47(6)27-15-25-46(5)26-16-28-48(7)30-19-33-51(10)40-41-54-42-53-38-36-52(11)37-39-53/h20-22,26-27,30-32,36-40,54H,12-19,23-25,28-29,33-35,41-42H2,1-11H3/b44-21+,45-22+,46-26+,47-27+,48-30+,49-31+,50-32+,51-40+. The fourth-order valence-electron chi connectivity index (χ4n) is 6.36. The molecule has 0 aliphatic rings. The summed E-state index contributed by atoms with van der Waals surface area (Å²) in [6.07, 6.45) is 40.5. The summed E-state index contributed by atoms with van der Waals surface area (Å²) in [5.74, 6) is 0. The second-order valence-electron chi connectivity index (χ2n) is 16.6. The largest absolute Gasteiger partial charge is 0.309 e. The zero-order chi connectivity index (χ0) is 40.0. The number of rotatable bonds is 28. The molecule has 1 rings (SSSR count). The van der Waals surface area contributed by atoms with Crippen molar-refractivity contribution >= 4 is 0 Å². The third kappa shape index (κ3) is 29.2. The summed E-state index contributed by atoms with van der Waals surface area (Å²) in [7, 11) is 0. The van der Waals surface area contributed by atoms with Crippen LogP contribution in [0.25, 0.3) is 0 Å². The Morgan fingerprint density at radius 2 is 0.667 bits per heavy atom. The van der Waals surface area contributed by atoms with Gasteiger partial charge in [0, 0.05) is 13.1 Å². The maximum Gasteiger partial charge on any atom is 0.0208 e. The summed E-state index contributed by atoms with van der Waals surface area (Å²) < 4.78 is 0. The molecule has 0 aliphatic carbocycles. The topological polar surface area (TPSA) is 12.0 Å². The first-order chi connectivity index (χ1) is 25.8. The van der Waals surface area contributed by atoms with Gasteiger partial charge in [-0.05, 0) is 184 Å². The number of hydrogen-bond donors (Lipinski definition) is 1. The van der Waals surface area contributed by atoms with Crippen LogP contribution in [0.4, 0.5) is 0 Å². The summed E-state index contributed by atoms with van der Waals surface area (Å²) in [4.78, 5) is 0. The SMILES string of the molecule is CC(C)=CCC/C(C)=C/CC/C=C(\C)CC/C=C(\C)CC/C(C)=C/CC/C(C)=C/CC/C(C)=C/CC/C(C)=C/CC/C(C)=C/CNCc1ccc(C)cc1. The molecule has 0 aromatic heterocycles. The molecule has 0 fully saturated rings. The molecule has 0 radical (unpaired) electrons. The molecule has 0 aliphatic heterocycles. The molecule has 0 unspecified atom stereocenters. The molecular weight excluding hydrogens is 651 g/mol. The average molecular weight is 734 g/mol. The lowest BCUT2D eigenvalue weighted by Gasteiger charge is -2.05. The van der Waals surface area contributed by atoms with Crippen LogP contribution < -0.4 is 5.32 Å². The van der Waals surface area contributed by atoms with Gasteiger partial charge >= 0.3 is 0 Å². The number of unbranched alkanes of at least 4 members (excludes halogenated alkanes) is 1. The maximum atomic E-state index is 3.54. The van der Waals surface area contributed by atoms with Crippen LogP contribution in [0, 0.1) is 6.92 Å². The summed E-state index contributed by atoms with van der Waals surface area (Å²) in [6, 6.07) is 8.79. The lowest BCUT2D eigenvalue weighted by molar-refractivity contribution is 0.753. The average Bonchev–Trinajstić information content (AvgIpc) is 3.11. The van der Waals surface area contributed by atoms with Gasteiger partial charge in [0.25, 0.3) is 0 Å². The van der Waals surface area contributed by atoms with E-state index in [-0.39, 0.29) is 0 Å². The predicted octanol–water partition coefficient (Wildman–Crippen LogP) is 16.9. The Bertz CT molecular complexity index is 1450. The summed E-state index contributed by atoms with van der Waals surface area (Å²) in [5.41, 5.74) is 16.3. The number of benzene rings is 1. The fraction of sp³-hybridized carbons (Fsp3) is 0.547. The molecule has 300 valence electrons. The van der Waals surface area contributed by atoms with Gasteiger partial charge in [-0.2, -0.15) is 0 Å². The molecule has 0 spiro atoms. The van der Waals surface area contributed by atoms with Gasteiger partial charge in [-0.25, -0.2) is 0 Å². The molecule has 0 saturated heterocycles. The third-order valence-corrected chi connectivity index (χ3v) is 10.4. The van der Waals surface area contributed by atoms with Crippen LogP contribution in [-0.4, -0.2) is 6.54 Å². The van der Waals surface area contributed by atoms with E-state index in [0.29, 0.717) is 0 Å². The first kappa shape index (κ1) is 48.9. The molecule has 0 bridgehead atoms. The minimum absolute atomic E-state index is 0.928. The van der Waals surface area contributed by atoms with Crippen molar-refractivity contribution in [3.05, 3.63) is 140 Å². The highest BCUT2D eigenvalue weighted by Crippen LogP contribution is 2.18. The van der Waals surface area contributed by atoms with Crippen molar-refractivity contribution in [3.8, 4) is 0 Å². The van der Waals surface area contributed by atoms with E-state index in [2.05, 4.69) is 160 Å². The van der Waals surface area contributed by atoms with Crippen molar-refractivity contribution in [1.29, 1.82) is 0 Å². The maximum absolute atomic E-state index is 3.54. The van der Waals surface area contributed by atoms with E-state index < -0.39 is 0 Å². The Kier molecular flexibility index (Phi) is 28.1. The van der Waals surface area contributed by atoms with Gasteiger partial charge in [-0.3, -0.25) is 0 Å². The fourth-order valence-corrected chi connectivity index (χ4v) is 6.36. The van der Waals surface area contributed by atoms with Crippen molar-refractivity contribution < 1.29 is 0 Å². The Morgan fingerprint density at radius 3 is 1.02 bits per heavy atom. The van der Waals surface area contributed by atoms with Crippen LogP contribution in [0.5, 0.6) is 0 Å². The van der Waals surface area contributed by atoms with Crippen molar-refractivity contribution in [1.82, 2.24) is 5.32 Å². The highest BCUT2D eigenvalue weighted by atomic mass is 14.8. The molecule has 0 atom stereocenters. The van der Waals surface area contributed by atoms with Crippen molar-refractivity contribution in [3.63, 3.8) is 0 Å². The van der Waals surface area contributed by atoms with Crippen molar-refractivity contribution in [2.45, 2.75) is 185 Å². The van der Waals surface area contributed by atoms with Crippen LogP contribution in [-0.2, 0) is 6.54 Å². The predicted molar refractivity (Wildman–Crippen MR) is 246 cm³/mol. The van der Waals surface area contributed by atoms with Gasteiger partial charge in [0.15, 0.2) is 0 Å². The minimum Gasteiger partial charge on any atom is -0.309 e. The first-order valence-electron chi connectivity index (χ1n) is 21.5. The van der Waals surface area contributed by atoms with E-state index in [4.69, 9.17) is 0 Å². The number of aryl methyl sites for hydroxylation is 1. The summed E-state index contributed by atoms with van der Waals surface area (Å²) in [6.45, 7) is 26.7. The Balaban J connectivity index is 2.20.